The van der Waals surface area contributed by atoms with Gasteiger partial charge in [-0.25, -0.2) is 0 Å². The van der Waals surface area contributed by atoms with Gasteiger partial charge in [-0.15, -0.1) is 11.3 Å². The molecule has 4 nitrogen and oxygen atoms in total. The molecule has 0 aliphatic heterocycles. The normalized spacial score (nSPS) is 12.5. The van der Waals surface area contributed by atoms with E-state index in [1.54, 1.807) is 18.4 Å². The zero-order chi connectivity index (χ0) is 17.4. The lowest BCUT2D eigenvalue weighted by atomic mass is 10.00. The molecule has 0 aliphatic rings. The maximum Gasteiger partial charge on any atom is 0.125 e. The molecule has 0 amide bonds. The second-order valence-corrected chi connectivity index (χ2v) is 6.46. The number of hydrogen-bond donors (Lipinski definition) is 1. The van der Waals surface area contributed by atoms with E-state index in [9.17, 15) is 5.11 Å². The summed E-state index contributed by atoms with van der Waals surface area (Å²) in [6.45, 7) is 8.06. The Labute approximate surface area is 148 Å². The zero-order valence-corrected chi connectivity index (χ0v) is 15.5. The van der Waals surface area contributed by atoms with E-state index in [0.29, 0.717) is 12.4 Å². The van der Waals surface area contributed by atoms with Gasteiger partial charge in [-0.05, 0) is 30.6 Å². The number of rotatable bonds is 10. The van der Waals surface area contributed by atoms with Crippen molar-refractivity contribution in [2.45, 2.75) is 20.0 Å². The Morgan fingerprint density at radius 2 is 1.96 bits per heavy atom. The van der Waals surface area contributed by atoms with E-state index >= 15 is 0 Å². The van der Waals surface area contributed by atoms with Crippen molar-refractivity contribution in [3.05, 3.63) is 41.3 Å². The molecule has 0 aliphatic carbocycles. The number of methoxy groups -OCH3 is 1. The highest BCUT2D eigenvalue weighted by atomic mass is 32.1. The highest BCUT2D eigenvalue weighted by Crippen LogP contribution is 2.37. The number of aliphatic hydroxyl groups excluding tert-OH is 1. The van der Waals surface area contributed by atoms with Crippen LogP contribution in [-0.4, -0.2) is 50.0 Å². The van der Waals surface area contributed by atoms with Gasteiger partial charge in [0.15, 0.2) is 0 Å². The molecule has 5 heteroatoms. The first-order chi connectivity index (χ1) is 11.7. The van der Waals surface area contributed by atoms with E-state index in [2.05, 4.69) is 24.8 Å². The van der Waals surface area contributed by atoms with Crippen molar-refractivity contribution in [3.63, 3.8) is 0 Å². The average Bonchev–Trinajstić information content (AvgIpc) is 3.15. The molecular formula is C19H27NO3S. The van der Waals surface area contributed by atoms with Crippen molar-refractivity contribution < 1.29 is 14.6 Å². The van der Waals surface area contributed by atoms with Gasteiger partial charge in [0.2, 0.25) is 0 Å². The van der Waals surface area contributed by atoms with E-state index in [1.165, 1.54) is 0 Å². The maximum atomic E-state index is 10.7. The molecule has 0 radical (unpaired) electrons. The van der Waals surface area contributed by atoms with Crippen molar-refractivity contribution in [3.8, 4) is 16.2 Å². The summed E-state index contributed by atoms with van der Waals surface area (Å²) in [5.41, 5.74) is 1.80. The van der Waals surface area contributed by atoms with Crippen LogP contribution in [0, 0.1) is 0 Å². The number of benzene rings is 1. The van der Waals surface area contributed by atoms with Crippen LogP contribution in [0.3, 0.4) is 0 Å². The highest BCUT2D eigenvalue weighted by molar-refractivity contribution is 7.13. The number of likely N-dealkylation sites (N-methyl/N-ethyl adjacent to an activating group) is 1. The summed E-state index contributed by atoms with van der Waals surface area (Å²) in [6.07, 6.45) is -0.713. The fourth-order valence-electron chi connectivity index (χ4n) is 2.72. The Morgan fingerprint density at radius 1 is 1.17 bits per heavy atom. The van der Waals surface area contributed by atoms with Crippen molar-refractivity contribution >= 4 is 11.3 Å². The number of hydrogen-bond acceptors (Lipinski definition) is 5. The quantitative estimate of drug-likeness (QED) is 0.662. The molecule has 1 heterocycles. The molecule has 0 saturated carbocycles. The molecule has 1 aromatic heterocycles. The van der Waals surface area contributed by atoms with Crippen LogP contribution in [-0.2, 0) is 4.74 Å². The van der Waals surface area contributed by atoms with Crippen LogP contribution in [0.4, 0.5) is 0 Å². The predicted octanol–water partition coefficient (Wildman–Crippen LogP) is 3.82. The monoisotopic (exact) mass is 349 g/mol. The van der Waals surface area contributed by atoms with Crippen molar-refractivity contribution in [1.82, 2.24) is 4.90 Å². The van der Waals surface area contributed by atoms with Crippen LogP contribution in [0.15, 0.2) is 35.7 Å². The molecule has 0 fully saturated rings. The summed E-state index contributed by atoms with van der Waals surface area (Å²) >= 11 is 1.65. The van der Waals surface area contributed by atoms with E-state index < -0.39 is 6.10 Å². The van der Waals surface area contributed by atoms with Gasteiger partial charge in [-0.2, -0.15) is 0 Å². The Morgan fingerprint density at radius 3 is 2.58 bits per heavy atom. The second-order valence-electron chi connectivity index (χ2n) is 5.52. The van der Waals surface area contributed by atoms with Crippen molar-refractivity contribution in [2.75, 3.05) is 40.0 Å². The Bertz CT molecular complexity index is 597. The summed E-state index contributed by atoms with van der Waals surface area (Å²) in [5, 5.41) is 12.7. The molecule has 1 N–H and O–H groups in total. The van der Waals surface area contributed by atoms with Crippen LogP contribution >= 0.6 is 11.3 Å². The molecule has 132 valence electrons. The minimum absolute atomic E-state index is 0.264. The van der Waals surface area contributed by atoms with Crippen molar-refractivity contribution in [2.24, 2.45) is 0 Å². The minimum atomic E-state index is -0.713. The van der Waals surface area contributed by atoms with E-state index in [1.807, 2.05) is 29.6 Å². The highest BCUT2D eigenvalue weighted by Gasteiger charge is 2.19. The van der Waals surface area contributed by atoms with Gasteiger partial charge in [0.1, 0.15) is 11.9 Å². The van der Waals surface area contributed by atoms with E-state index in [4.69, 9.17) is 9.47 Å². The Kier molecular flexibility index (Phi) is 7.72. The van der Waals surface area contributed by atoms with Gasteiger partial charge in [-0.1, -0.05) is 32.0 Å². The van der Waals surface area contributed by atoms with Gasteiger partial charge in [0, 0.05) is 22.5 Å². The van der Waals surface area contributed by atoms with Gasteiger partial charge in [0.05, 0.1) is 20.3 Å². The average molecular weight is 349 g/mol. The van der Waals surface area contributed by atoms with Crippen LogP contribution in [0.5, 0.6) is 5.75 Å². The first-order valence-corrected chi connectivity index (χ1v) is 9.28. The van der Waals surface area contributed by atoms with Crippen LogP contribution in [0.1, 0.15) is 25.5 Å². The standard InChI is InChI=1S/C19H27NO3S/c1-4-20(5-2)11-12-23-14-16(21)19-15(18-10-7-13-24-18)8-6-9-17(19)22-3/h6-10,13,16,21H,4-5,11-12,14H2,1-3H3. The van der Waals surface area contributed by atoms with Crippen LogP contribution in [0.25, 0.3) is 10.4 Å². The second kappa shape index (κ2) is 9.79. The number of ether oxygens (including phenoxy) is 2. The molecule has 2 rings (SSSR count). The first kappa shape index (κ1) is 18.9. The molecule has 1 aromatic carbocycles. The van der Waals surface area contributed by atoms with E-state index in [0.717, 1.165) is 35.6 Å². The predicted molar refractivity (Wildman–Crippen MR) is 99.9 cm³/mol. The number of aliphatic hydroxyl groups is 1. The maximum absolute atomic E-state index is 10.7. The van der Waals surface area contributed by atoms with Gasteiger partial charge in [-0.3, -0.25) is 0 Å². The molecule has 0 spiro atoms. The number of nitrogens with zero attached hydrogens (tertiary/aromatic N) is 1. The fraction of sp³-hybridized carbons (Fsp3) is 0.474. The lowest BCUT2D eigenvalue weighted by Gasteiger charge is -2.20. The van der Waals surface area contributed by atoms with Crippen molar-refractivity contribution in [1.29, 1.82) is 0 Å². The third kappa shape index (κ3) is 4.80. The molecule has 0 bridgehead atoms. The van der Waals surface area contributed by atoms with Gasteiger partial charge >= 0.3 is 0 Å². The molecule has 2 aromatic rings. The Balaban J connectivity index is 2.06. The SMILES string of the molecule is CCN(CC)CCOCC(O)c1c(OC)cccc1-c1cccs1. The van der Waals surface area contributed by atoms with Gasteiger partial charge in [0.25, 0.3) is 0 Å². The van der Waals surface area contributed by atoms with Gasteiger partial charge < -0.3 is 19.5 Å². The third-order valence-corrected chi connectivity index (χ3v) is 5.03. The summed E-state index contributed by atoms with van der Waals surface area (Å²) < 4.78 is 11.2. The lowest BCUT2D eigenvalue weighted by molar-refractivity contribution is 0.0266. The summed E-state index contributed by atoms with van der Waals surface area (Å²) in [5.74, 6) is 0.695. The number of thiophene rings is 1. The largest absolute Gasteiger partial charge is 0.496 e. The smallest absolute Gasteiger partial charge is 0.125 e. The fourth-order valence-corrected chi connectivity index (χ4v) is 3.49. The van der Waals surface area contributed by atoms with Crippen LogP contribution in [0.2, 0.25) is 0 Å². The summed E-state index contributed by atoms with van der Waals surface area (Å²) in [4.78, 5) is 3.41. The summed E-state index contributed by atoms with van der Waals surface area (Å²) in [6, 6.07) is 9.91. The first-order valence-electron chi connectivity index (χ1n) is 8.40. The minimum Gasteiger partial charge on any atom is -0.496 e. The summed E-state index contributed by atoms with van der Waals surface area (Å²) in [7, 11) is 1.63. The molecule has 1 unspecified atom stereocenters. The molecule has 1 atom stereocenters. The van der Waals surface area contributed by atoms with E-state index in [-0.39, 0.29) is 6.61 Å². The molecule has 24 heavy (non-hydrogen) atoms. The molecule has 0 saturated heterocycles. The molecular weight excluding hydrogens is 322 g/mol. The Hall–Kier alpha value is -1.40. The zero-order valence-electron chi connectivity index (χ0n) is 14.7. The lowest BCUT2D eigenvalue weighted by Crippen LogP contribution is -2.27. The topological polar surface area (TPSA) is 41.9 Å². The third-order valence-electron chi connectivity index (χ3n) is 4.13. The van der Waals surface area contributed by atoms with Crippen LogP contribution < -0.4 is 4.74 Å².